The van der Waals surface area contributed by atoms with E-state index < -0.39 is 4.92 Å². The Morgan fingerprint density at radius 3 is 2.74 bits per heavy atom. The third kappa shape index (κ3) is 4.38. The Kier molecular flexibility index (Phi) is 6.04. The smallest absolute Gasteiger partial charge is 0.292 e. The van der Waals surface area contributed by atoms with Gasteiger partial charge in [-0.1, -0.05) is 0 Å². The monoisotopic (exact) mass is 270 g/mol. The Hall–Kier alpha value is -1.86. The first-order valence-electron chi connectivity index (χ1n) is 5.81. The predicted octanol–water partition coefficient (Wildman–Crippen LogP) is 1.41. The second-order valence-corrected chi connectivity index (χ2v) is 3.95. The number of aliphatic hydroxyl groups excluding tert-OH is 1. The maximum absolute atomic E-state index is 11.0. The molecule has 0 saturated heterocycles. The van der Waals surface area contributed by atoms with E-state index in [2.05, 4.69) is 5.32 Å². The number of nitro benzene ring substituents is 1. The lowest BCUT2D eigenvalue weighted by Crippen LogP contribution is -2.26. The zero-order chi connectivity index (χ0) is 14.3. The van der Waals surface area contributed by atoms with Gasteiger partial charge in [0.1, 0.15) is 11.4 Å². The molecule has 0 aromatic heterocycles. The van der Waals surface area contributed by atoms with E-state index in [4.69, 9.17) is 14.6 Å². The highest BCUT2D eigenvalue weighted by Gasteiger charge is 2.18. The quantitative estimate of drug-likeness (QED) is 0.548. The summed E-state index contributed by atoms with van der Waals surface area (Å²) in [5.41, 5.74) is 0.305. The number of nitrogens with one attached hydrogen (secondary N) is 1. The first-order valence-corrected chi connectivity index (χ1v) is 5.81. The molecule has 0 aliphatic carbocycles. The predicted molar refractivity (Wildman–Crippen MR) is 70.6 cm³/mol. The molecule has 2 N–H and O–H groups in total. The Labute approximate surface area is 111 Å². The van der Waals surface area contributed by atoms with Crippen LogP contribution in [0.4, 0.5) is 11.4 Å². The first-order chi connectivity index (χ1) is 9.12. The van der Waals surface area contributed by atoms with Crippen molar-refractivity contribution in [2.75, 3.05) is 32.8 Å². The van der Waals surface area contributed by atoms with Gasteiger partial charge in [-0.25, -0.2) is 0 Å². The van der Waals surface area contributed by atoms with Crippen LogP contribution in [0.2, 0.25) is 0 Å². The van der Waals surface area contributed by atoms with Gasteiger partial charge >= 0.3 is 0 Å². The van der Waals surface area contributed by atoms with Crippen LogP contribution < -0.4 is 10.1 Å². The van der Waals surface area contributed by atoms with Crippen molar-refractivity contribution in [2.24, 2.45) is 0 Å². The Morgan fingerprint density at radius 1 is 1.47 bits per heavy atom. The van der Waals surface area contributed by atoms with E-state index in [9.17, 15) is 10.1 Å². The Bertz CT molecular complexity index is 419. The lowest BCUT2D eigenvalue weighted by Gasteiger charge is -2.18. The van der Waals surface area contributed by atoms with Gasteiger partial charge in [0.15, 0.2) is 0 Å². The number of nitro groups is 1. The summed E-state index contributed by atoms with van der Waals surface area (Å²) in [6.07, 6.45) is 0.433. The van der Waals surface area contributed by atoms with Crippen LogP contribution in [-0.2, 0) is 4.74 Å². The molecule has 1 aromatic rings. The molecule has 1 rings (SSSR count). The lowest BCUT2D eigenvalue weighted by molar-refractivity contribution is -0.384. The highest BCUT2D eigenvalue weighted by molar-refractivity contribution is 5.64. The minimum absolute atomic E-state index is 0.0290. The normalized spacial score (nSPS) is 11.9. The average Bonchev–Trinajstić information content (AvgIpc) is 2.38. The van der Waals surface area contributed by atoms with Crippen molar-refractivity contribution in [3.63, 3.8) is 0 Å². The number of aliphatic hydroxyl groups is 1. The van der Waals surface area contributed by atoms with E-state index in [1.54, 1.807) is 6.07 Å². The van der Waals surface area contributed by atoms with Gasteiger partial charge in [0.05, 0.1) is 24.7 Å². The van der Waals surface area contributed by atoms with Gasteiger partial charge in [-0.3, -0.25) is 10.1 Å². The van der Waals surface area contributed by atoms with Crippen LogP contribution in [-0.4, -0.2) is 43.5 Å². The van der Waals surface area contributed by atoms with Gasteiger partial charge in [0, 0.05) is 25.8 Å². The fourth-order valence-corrected chi connectivity index (χ4v) is 1.69. The van der Waals surface area contributed by atoms with Crippen LogP contribution in [0.15, 0.2) is 18.2 Å². The van der Waals surface area contributed by atoms with Gasteiger partial charge in [-0.15, -0.1) is 0 Å². The zero-order valence-electron chi connectivity index (χ0n) is 11.0. The van der Waals surface area contributed by atoms with Gasteiger partial charge in [0.2, 0.25) is 0 Å². The van der Waals surface area contributed by atoms with Crippen molar-refractivity contribution < 1.29 is 19.5 Å². The van der Waals surface area contributed by atoms with E-state index in [0.29, 0.717) is 24.5 Å². The largest absolute Gasteiger partial charge is 0.497 e. The summed E-state index contributed by atoms with van der Waals surface area (Å²) < 4.78 is 10.1. The molecule has 0 amide bonds. The van der Waals surface area contributed by atoms with Crippen LogP contribution in [0.25, 0.3) is 0 Å². The van der Waals surface area contributed by atoms with Crippen LogP contribution in [0.5, 0.6) is 5.75 Å². The molecular formula is C12H18N2O5. The number of benzene rings is 1. The van der Waals surface area contributed by atoms with Gasteiger partial charge in [-0.2, -0.15) is 0 Å². The van der Waals surface area contributed by atoms with Crippen LogP contribution >= 0.6 is 0 Å². The molecule has 0 saturated carbocycles. The van der Waals surface area contributed by atoms with Crippen molar-refractivity contribution in [1.29, 1.82) is 0 Å². The summed E-state index contributed by atoms with van der Waals surface area (Å²) >= 11 is 0. The molecule has 1 unspecified atom stereocenters. The molecule has 0 spiro atoms. The van der Waals surface area contributed by atoms with Crippen LogP contribution in [0, 0.1) is 10.1 Å². The number of hydrogen-bond donors (Lipinski definition) is 2. The number of hydrogen-bond acceptors (Lipinski definition) is 6. The molecule has 19 heavy (non-hydrogen) atoms. The third-order valence-corrected chi connectivity index (χ3v) is 2.61. The van der Waals surface area contributed by atoms with Crippen molar-refractivity contribution in [3.05, 3.63) is 28.3 Å². The van der Waals surface area contributed by atoms with Gasteiger partial charge in [0.25, 0.3) is 5.69 Å². The zero-order valence-corrected chi connectivity index (χ0v) is 11.0. The fourth-order valence-electron chi connectivity index (χ4n) is 1.69. The maximum Gasteiger partial charge on any atom is 0.292 e. The molecule has 106 valence electrons. The maximum atomic E-state index is 11.0. The molecule has 0 heterocycles. The van der Waals surface area contributed by atoms with E-state index >= 15 is 0 Å². The molecule has 7 nitrogen and oxygen atoms in total. The molecule has 1 aromatic carbocycles. The molecule has 0 radical (unpaired) electrons. The first kappa shape index (κ1) is 15.2. The minimum atomic E-state index is -0.468. The summed E-state index contributed by atoms with van der Waals surface area (Å²) in [4.78, 5) is 10.5. The standard InChI is InChI=1S/C12H18N2O5/c1-18-8-9(5-6-15)13-11-7-10(19-2)3-4-12(11)14(16)17/h3-4,7,9,13,15H,5-6,8H2,1-2H3. The fraction of sp³-hybridized carbons (Fsp3) is 0.500. The highest BCUT2D eigenvalue weighted by Crippen LogP contribution is 2.29. The van der Waals surface area contributed by atoms with Crippen LogP contribution in [0.3, 0.4) is 0 Å². The summed E-state index contributed by atoms with van der Waals surface area (Å²) in [7, 11) is 3.03. The summed E-state index contributed by atoms with van der Waals surface area (Å²) in [5.74, 6) is 0.522. The van der Waals surface area contributed by atoms with E-state index in [1.807, 2.05) is 0 Å². The molecule has 7 heteroatoms. The minimum Gasteiger partial charge on any atom is -0.497 e. The van der Waals surface area contributed by atoms with Crippen molar-refractivity contribution >= 4 is 11.4 Å². The van der Waals surface area contributed by atoms with E-state index in [1.165, 1.54) is 26.4 Å². The summed E-state index contributed by atoms with van der Waals surface area (Å²) in [5, 5.41) is 22.9. The van der Waals surface area contributed by atoms with Crippen molar-refractivity contribution in [1.82, 2.24) is 0 Å². The molecule has 0 aliphatic heterocycles. The number of ether oxygens (including phenoxy) is 2. The molecule has 0 bridgehead atoms. The molecule has 1 atom stereocenters. The Morgan fingerprint density at radius 2 is 2.21 bits per heavy atom. The lowest BCUT2D eigenvalue weighted by atomic mass is 10.2. The molecular weight excluding hydrogens is 252 g/mol. The second kappa shape index (κ2) is 7.55. The second-order valence-electron chi connectivity index (χ2n) is 3.95. The van der Waals surface area contributed by atoms with Gasteiger partial charge in [-0.05, 0) is 12.5 Å². The number of anilines is 1. The molecule has 0 fully saturated rings. The number of rotatable bonds is 8. The number of methoxy groups -OCH3 is 2. The number of nitrogens with zero attached hydrogens (tertiary/aromatic N) is 1. The summed E-state index contributed by atoms with van der Waals surface area (Å²) in [6.45, 7) is 0.313. The van der Waals surface area contributed by atoms with E-state index in [0.717, 1.165) is 0 Å². The van der Waals surface area contributed by atoms with Crippen molar-refractivity contribution in [2.45, 2.75) is 12.5 Å². The average molecular weight is 270 g/mol. The van der Waals surface area contributed by atoms with Crippen LogP contribution in [0.1, 0.15) is 6.42 Å². The van der Waals surface area contributed by atoms with E-state index in [-0.39, 0.29) is 18.3 Å². The molecule has 0 aliphatic rings. The SMILES string of the molecule is COCC(CCO)Nc1cc(OC)ccc1[N+](=O)[O-]. The summed E-state index contributed by atoms with van der Waals surface area (Å²) in [6, 6.07) is 4.25. The third-order valence-electron chi connectivity index (χ3n) is 2.61. The Balaban J connectivity index is 2.97. The highest BCUT2D eigenvalue weighted by atomic mass is 16.6. The topological polar surface area (TPSA) is 93.9 Å². The van der Waals surface area contributed by atoms with Gasteiger partial charge < -0.3 is 19.9 Å². The van der Waals surface area contributed by atoms with Crippen molar-refractivity contribution in [3.8, 4) is 5.75 Å².